The van der Waals surface area contributed by atoms with Crippen molar-refractivity contribution in [2.24, 2.45) is 0 Å². The van der Waals surface area contributed by atoms with Crippen LogP contribution in [-0.2, 0) is 14.3 Å². The zero-order chi connectivity index (χ0) is 19.6. The fourth-order valence-corrected chi connectivity index (χ4v) is 2.50. The van der Waals surface area contributed by atoms with E-state index in [1.165, 1.54) is 0 Å². The SMILES string of the molecule is CCCCNc1ccccc1C(=O)OCC1=C(C(=O)OCC)CNC(=O)N1. The standard InChI is InChI=1S/C19H25N3O5/c1-3-5-10-20-15-9-7-6-8-13(15)17(23)27-12-16-14(18(24)26-4-2)11-21-19(25)22-16/h6-9,20H,3-5,10-12H2,1-2H3,(H2,21,22,25). The van der Waals surface area contributed by atoms with Gasteiger partial charge in [0.25, 0.3) is 0 Å². The second kappa shape index (κ2) is 10.2. The van der Waals surface area contributed by atoms with Gasteiger partial charge in [-0.1, -0.05) is 25.5 Å². The van der Waals surface area contributed by atoms with E-state index in [0.29, 0.717) is 11.3 Å². The number of ether oxygens (including phenoxy) is 2. The minimum Gasteiger partial charge on any atom is -0.463 e. The van der Waals surface area contributed by atoms with Crippen LogP contribution < -0.4 is 16.0 Å². The molecule has 1 aromatic rings. The molecule has 8 heteroatoms. The Morgan fingerprint density at radius 1 is 1.15 bits per heavy atom. The van der Waals surface area contributed by atoms with Crippen molar-refractivity contribution in [3.63, 3.8) is 0 Å². The summed E-state index contributed by atoms with van der Waals surface area (Å²) >= 11 is 0. The first-order chi connectivity index (χ1) is 13.1. The molecule has 1 heterocycles. The lowest BCUT2D eigenvalue weighted by Crippen LogP contribution is -2.45. The molecule has 2 amide bonds. The average Bonchev–Trinajstić information content (AvgIpc) is 2.67. The Morgan fingerprint density at radius 3 is 2.67 bits per heavy atom. The number of hydrogen-bond acceptors (Lipinski definition) is 6. The third-order valence-electron chi connectivity index (χ3n) is 3.92. The molecule has 1 aliphatic rings. The number of anilines is 1. The molecule has 0 atom stereocenters. The first-order valence-electron chi connectivity index (χ1n) is 9.00. The molecule has 27 heavy (non-hydrogen) atoms. The van der Waals surface area contributed by atoms with Gasteiger partial charge < -0.3 is 25.4 Å². The zero-order valence-corrected chi connectivity index (χ0v) is 15.6. The Hall–Kier alpha value is -3.03. The normalized spacial score (nSPS) is 13.5. The van der Waals surface area contributed by atoms with E-state index in [-0.39, 0.29) is 31.0 Å². The van der Waals surface area contributed by atoms with E-state index in [1.54, 1.807) is 19.1 Å². The number of amides is 2. The summed E-state index contributed by atoms with van der Waals surface area (Å²) in [5, 5.41) is 8.22. The molecule has 0 spiro atoms. The van der Waals surface area contributed by atoms with Gasteiger partial charge in [-0.3, -0.25) is 0 Å². The Balaban J connectivity index is 2.09. The van der Waals surface area contributed by atoms with Crippen molar-refractivity contribution in [1.29, 1.82) is 0 Å². The summed E-state index contributed by atoms with van der Waals surface area (Å²) in [6.45, 7) is 4.52. The molecule has 0 saturated carbocycles. The van der Waals surface area contributed by atoms with Gasteiger partial charge in [0.05, 0.1) is 30.0 Å². The van der Waals surface area contributed by atoms with E-state index in [2.05, 4.69) is 22.9 Å². The van der Waals surface area contributed by atoms with Crippen LogP contribution in [-0.4, -0.2) is 44.3 Å². The predicted octanol–water partition coefficient (Wildman–Crippen LogP) is 2.19. The van der Waals surface area contributed by atoms with E-state index in [0.717, 1.165) is 19.4 Å². The molecule has 0 saturated heterocycles. The number of benzene rings is 1. The lowest BCUT2D eigenvalue weighted by Gasteiger charge is -2.21. The largest absolute Gasteiger partial charge is 0.463 e. The maximum absolute atomic E-state index is 12.5. The lowest BCUT2D eigenvalue weighted by atomic mass is 10.1. The molecule has 0 unspecified atom stereocenters. The molecule has 0 fully saturated rings. The number of esters is 2. The molecule has 1 aromatic carbocycles. The number of urea groups is 1. The van der Waals surface area contributed by atoms with Crippen molar-refractivity contribution >= 4 is 23.7 Å². The van der Waals surface area contributed by atoms with Crippen LogP contribution in [0.3, 0.4) is 0 Å². The van der Waals surface area contributed by atoms with Gasteiger partial charge in [0.1, 0.15) is 6.61 Å². The molecular formula is C19H25N3O5. The van der Waals surface area contributed by atoms with Gasteiger partial charge in [0, 0.05) is 12.2 Å². The minimum atomic E-state index is -0.558. The van der Waals surface area contributed by atoms with Gasteiger partial charge in [-0.15, -0.1) is 0 Å². The first-order valence-corrected chi connectivity index (χ1v) is 9.00. The third-order valence-corrected chi connectivity index (χ3v) is 3.92. The summed E-state index contributed by atoms with van der Waals surface area (Å²) in [4.78, 5) is 36.1. The van der Waals surface area contributed by atoms with E-state index < -0.39 is 18.0 Å². The fourth-order valence-electron chi connectivity index (χ4n) is 2.50. The van der Waals surface area contributed by atoms with Crippen molar-refractivity contribution in [3.05, 3.63) is 41.1 Å². The Kier molecular flexibility index (Phi) is 7.66. The Labute approximate surface area is 158 Å². The highest BCUT2D eigenvalue weighted by Crippen LogP contribution is 2.17. The predicted molar refractivity (Wildman–Crippen MR) is 100 cm³/mol. The van der Waals surface area contributed by atoms with Crippen LogP contribution in [0.1, 0.15) is 37.0 Å². The van der Waals surface area contributed by atoms with Crippen LogP contribution in [0, 0.1) is 0 Å². The van der Waals surface area contributed by atoms with Crippen molar-refractivity contribution in [2.75, 3.05) is 31.6 Å². The summed E-state index contributed by atoms with van der Waals surface area (Å²) in [6.07, 6.45) is 2.02. The minimum absolute atomic E-state index is 0.0205. The molecule has 0 bridgehead atoms. The maximum atomic E-state index is 12.5. The molecule has 146 valence electrons. The zero-order valence-electron chi connectivity index (χ0n) is 15.6. The van der Waals surface area contributed by atoms with E-state index >= 15 is 0 Å². The molecule has 1 aliphatic heterocycles. The van der Waals surface area contributed by atoms with E-state index in [4.69, 9.17) is 9.47 Å². The number of para-hydroxylation sites is 1. The molecule has 0 radical (unpaired) electrons. The Morgan fingerprint density at radius 2 is 1.93 bits per heavy atom. The van der Waals surface area contributed by atoms with Crippen molar-refractivity contribution in [2.45, 2.75) is 26.7 Å². The summed E-state index contributed by atoms with van der Waals surface area (Å²) in [5.41, 5.74) is 1.54. The van der Waals surface area contributed by atoms with E-state index in [9.17, 15) is 14.4 Å². The van der Waals surface area contributed by atoms with Crippen molar-refractivity contribution in [1.82, 2.24) is 10.6 Å². The monoisotopic (exact) mass is 375 g/mol. The maximum Gasteiger partial charge on any atom is 0.340 e. The van der Waals surface area contributed by atoms with Crippen molar-refractivity contribution < 1.29 is 23.9 Å². The van der Waals surface area contributed by atoms with Crippen LogP contribution >= 0.6 is 0 Å². The van der Waals surface area contributed by atoms with Gasteiger partial charge in [0.2, 0.25) is 0 Å². The number of nitrogens with one attached hydrogen (secondary N) is 3. The smallest absolute Gasteiger partial charge is 0.340 e. The summed E-state index contributed by atoms with van der Waals surface area (Å²) in [7, 11) is 0. The lowest BCUT2D eigenvalue weighted by molar-refractivity contribution is -0.138. The second-order valence-corrected chi connectivity index (χ2v) is 5.89. The quantitative estimate of drug-likeness (QED) is 0.451. The molecule has 3 N–H and O–H groups in total. The number of carbonyl (C=O) groups excluding carboxylic acids is 3. The summed E-state index contributed by atoms with van der Waals surface area (Å²) < 4.78 is 10.3. The van der Waals surface area contributed by atoms with Crippen LogP contribution in [0.25, 0.3) is 0 Å². The average molecular weight is 375 g/mol. The highest BCUT2D eigenvalue weighted by molar-refractivity contribution is 5.96. The molecular weight excluding hydrogens is 350 g/mol. The molecule has 0 aliphatic carbocycles. The third kappa shape index (κ3) is 5.73. The molecule has 2 rings (SSSR count). The number of rotatable bonds is 9. The van der Waals surface area contributed by atoms with Gasteiger partial charge in [0.15, 0.2) is 0 Å². The highest BCUT2D eigenvalue weighted by Gasteiger charge is 2.25. The van der Waals surface area contributed by atoms with Gasteiger partial charge >= 0.3 is 18.0 Å². The molecule has 8 nitrogen and oxygen atoms in total. The van der Waals surface area contributed by atoms with Gasteiger partial charge in [-0.05, 0) is 25.5 Å². The second-order valence-electron chi connectivity index (χ2n) is 5.89. The van der Waals surface area contributed by atoms with Crippen LogP contribution in [0.5, 0.6) is 0 Å². The molecule has 0 aromatic heterocycles. The van der Waals surface area contributed by atoms with E-state index in [1.807, 2.05) is 12.1 Å². The fraction of sp³-hybridized carbons (Fsp3) is 0.421. The topological polar surface area (TPSA) is 106 Å². The Bertz CT molecular complexity index is 730. The summed E-state index contributed by atoms with van der Waals surface area (Å²) in [6, 6.07) is 6.59. The number of carbonyl (C=O) groups is 3. The van der Waals surface area contributed by atoms with Crippen LogP contribution in [0.4, 0.5) is 10.5 Å². The number of hydrogen-bond donors (Lipinski definition) is 3. The highest BCUT2D eigenvalue weighted by atomic mass is 16.5. The van der Waals surface area contributed by atoms with Crippen LogP contribution in [0.15, 0.2) is 35.5 Å². The van der Waals surface area contributed by atoms with Gasteiger partial charge in [-0.25, -0.2) is 14.4 Å². The number of unbranched alkanes of at least 4 members (excludes halogenated alkanes) is 1. The van der Waals surface area contributed by atoms with Crippen molar-refractivity contribution in [3.8, 4) is 0 Å². The summed E-state index contributed by atoms with van der Waals surface area (Å²) in [5.74, 6) is -1.10. The first kappa shape index (κ1) is 20.3. The van der Waals surface area contributed by atoms with Crippen LogP contribution in [0.2, 0.25) is 0 Å². The van der Waals surface area contributed by atoms with Gasteiger partial charge in [-0.2, -0.15) is 0 Å².